The van der Waals surface area contributed by atoms with Crippen molar-refractivity contribution in [1.82, 2.24) is 0 Å². The van der Waals surface area contributed by atoms with Crippen LogP contribution in [0.4, 0.5) is 0 Å². The van der Waals surface area contributed by atoms with Crippen molar-refractivity contribution in [2.75, 3.05) is 0 Å². The summed E-state index contributed by atoms with van der Waals surface area (Å²) in [6.45, 7) is 5.83. The summed E-state index contributed by atoms with van der Waals surface area (Å²) in [6.07, 6.45) is 0.958. The molecule has 0 aliphatic heterocycles. The van der Waals surface area contributed by atoms with Crippen molar-refractivity contribution in [3.63, 3.8) is 0 Å². The van der Waals surface area contributed by atoms with Gasteiger partial charge in [0.15, 0.2) is 5.78 Å². The minimum absolute atomic E-state index is 0.308. The topological polar surface area (TPSA) is 37.3 Å². The molecule has 0 unspecified atom stereocenters. The van der Waals surface area contributed by atoms with Crippen LogP contribution in [0.15, 0.2) is 11.8 Å². The highest BCUT2D eigenvalue weighted by Crippen LogP contribution is 2.07. The van der Waals surface area contributed by atoms with Gasteiger partial charge in [-0.25, -0.2) is 0 Å². The number of ketones is 1. The number of aliphatic hydroxyl groups is 1. The standard InChI is InChI=1S/C9H16O2/c1-6(2)8(10)5-9(11)7(3)4/h5-7,10H,1-4H3/b8-5-/i6D,7D. The summed E-state index contributed by atoms with van der Waals surface area (Å²) in [6, 6.07) is 0. The van der Waals surface area contributed by atoms with Crippen LogP contribution in [-0.2, 0) is 4.79 Å². The van der Waals surface area contributed by atoms with Gasteiger partial charge in [-0.1, -0.05) is 27.7 Å². The minimum atomic E-state index is -1.25. The van der Waals surface area contributed by atoms with E-state index >= 15 is 0 Å². The molecule has 2 nitrogen and oxygen atoms in total. The highest BCUT2D eigenvalue weighted by molar-refractivity contribution is 5.91. The quantitative estimate of drug-likeness (QED) is 0.505. The van der Waals surface area contributed by atoms with E-state index in [4.69, 9.17) is 2.74 Å². The highest BCUT2D eigenvalue weighted by Gasteiger charge is 2.07. The maximum absolute atomic E-state index is 11.2. The fourth-order valence-corrected chi connectivity index (χ4v) is 0.413. The zero-order valence-electron chi connectivity index (χ0n) is 9.43. The van der Waals surface area contributed by atoms with Crippen molar-refractivity contribution >= 4 is 5.78 Å². The molecule has 11 heavy (non-hydrogen) atoms. The van der Waals surface area contributed by atoms with E-state index in [2.05, 4.69) is 0 Å². The Bertz CT molecular complexity index is 231. The number of hydrogen-bond donors (Lipinski definition) is 1. The van der Waals surface area contributed by atoms with Crippen LogP contribution in [0.3, 0.4) is 0 Å². The molecule has 0 rings (SSSR count). The van der Waals surface area contributed by atoms with Crippen LogP contribution in [0.5, 0.6) is 0 Å². The fraction of sp³-hybridized carbons (Fsp3) is 0.667. The van der Waals surface area contributed by atoms with Crippen LogP contribution in [0.1, 0.15) is 30.4 Å². The molecule has 0 aromatic rings. The molecule has 0 saturated heterocycles. The molecule has 0 heterocycles. The van der Waals surface area contributed by atoms with Crippen molar-refractivity contribution in [3.8, 4) is 0 Å². The number of carbonyl (C=O) groups is 1. The number of carbonyl (C=O) groups excluding carboxylic acids is 1. The molecule has 64 valence electrons. The van der Waals surface area contributed by atoms with Crippen LogP contribution < -0.4 is 0 Å². The Morgan fingerprint density at radius 2 is 1.82 bits per heavy atom. The van der Waals surface area contributed by atoms with Gasteiger partial charge in [-0.15, -0.1) is 0 Å². The first-order chi connectivity index (χ1) is 5.55. The maximum Gasteiger partial charge on any atom is 0.161 e. The van der Waals surface area contributed by atoms with E-state index in [1.54, 1.807) is 0 Å². The first-order valence-electron chi connectivity index (χ1n) is 4.51. The van der Waals surface area contributed by atoms with Gasteiger partial charge in [0.2, 0.25) is 0 Å². The smallest absolute Gasteiger partial charge is 0.161 e. The monoisotopic (exact) mass is 158 g/mol. The fourth-order valence-electron chi connectivity index (χ4n) is 0.413. The van der Waals surface area contributed by atoms with Crippen molar-refractivity contribution in [3.05, 3.63) is 11.8 Å². The predicted octanol–water partition coefficient (Wildman–Crippen LogP) is 2.31. The van der Waals surface area contributed by atoms with Crippen molar-refractivity contribution in [2.45, 2.75) is 27.7 Å². The Kier molecular flexibility index (Phi) is 2.61. The van der Waals surface area contributed by atoms with E-state index in [1.165, 1.54) is 27.7 Å². The predicted molar refractivity (Wildman–Crippen MR) is 45.4 cm³/mol. The van der Waals surface area contributed by atoms with Crippen LogP contribution in [0, 0.1) is 11.8 Å². The molecule has 0 aromatic carbocycles. The summed E-state index contributed by atoms with van der Waals surface area (Å²) in [5, 5.41) is 9.29. The third-order valence-corrected chi connectivity index (χ3v) is 1.27. The van der Waals surface area contributed by atoms with Crippen molar-refractivity contribution in [2.24, 2.45) is 11.8 Å². The molecule has 0 bridgehead atoms. The molecule has 0 spiro atoms. The molecule has 0 aromatic heterocycles. The SMILES string of the molecule is [2H]C(C)(C)C(=O)/C=C(\O)C([2H])(C)C. The number of hydrogen-bond acceptors (Lipinski definition) is 2. The van der Waals surface area contributed by atoms with Crippen LogP contribution in [0.2, 0.25) is 0 Å². The maximum atomic E-state index is 11.2. The van der Waals surface area contributed by atoms with Gasteiger partial charge in [0.05, 0.1) is 5.76 Å². The minimum Gasteiger partial charge on any atom is -0.512 e. The number of allylic oxidation sites excluding steroid dienone is 2. The van der Waals surface area contributed by atoms with E-state index in [-0.39, 0.29) is 5.76 Å². The largest absolute Gasteiger partial charge is 0.512 e. The van der Waals surface area contributed by atoms with Gasteiger partial charge < -0.3 is 5.11 Å². The molecule has 0 amide bonds. The molecule has 0 fully saturated rings. The van der Waals surface area contributed by atoms with E-state index in [0.717, 1.165) is 6.08 Å². The second-order valence-corrected chi connectivity index (χ2v) is 2.89. The zero-order valence-corrected chi connectivity index (χ0v) is 7.43. The summed E-state index contributed by atoms with van der Waals surface area (Å²) in [5.74, 6) is -3.23. The molecule has 0 saturated carbocycles. The van der Waals surface area contributed by atoms with E-state index in [9.17, 15) is 9.90 Å². The Labute approximate surface area is 70.7 Å². The zero-order chi connectivity index (χ0) is 10.9. The lowest BCUT2D eigenvalue weighted by Gasteiger charge is -2.03. The van der Waals surface area contributed by atoms with Crippen molar-refractivity contribution < 1.29 is 12.6 Å². The van der Waals surface area contributed by atoms with E-state index < -0.39 is 17.6 Å². The van der Waals surface area contributed by atoms with Crippen molar-refractivity contribution in [1.29, 1.82) is 0 Å². The molecule has 0 atom stereocenters. The normalized spacial score (nSPS) is 17.3. The summed E-state index contributed by atoms with van der Waals surface area (Å²) >= 11 is 0. The number of rotatable bonds is 3. The summed E-state index contributed by atoms with van der Waals surface area (Å²) in [5.41, 5.74) is 0. The second-order valence-electron chi connectivity index (χ2n) is 2.89. The number of aliphatic hydroxyl groups excluding tert-OH is 1. The Hall–Kier alpha value is -0.790. The van der Waals surface area contributed by atoms with Crippen LogP contribution in [-0.4, -0.2) is 10.9 Å². The van der Waals surface area contributed by atoms with Gasteiger partial charge in [-0.2, -0.15) is 0 Å². The van der Waals surface area contributed by atoms with Gasteiger partial charge in [-0.05, 0) is 0 Å². The third kappa shape index (κ3) is 3.81. The summed E-state index contributed by atoms with van der Waals surface area (Å²) in [7, 11) is 0. The molecule has 1 N–H and O–H groups in total. The molecular formula is C9H16O2. The Morgan fingerprint density at radius 3 is 2.09 bits per heavy atom. The average molecular weight is 158 g/mol. The highest BCUT2D eigenvalue weighted by atomic mass is 16.3. The molecule has 0 radical (unpaired) electrons. The van der Waals surface area contributed by atoms with Gasteiger partial charge in [0, 0.05) is 20.6 Å². The third-order valence-electron chi connectivity index (χ3n) is 1.27. The Morgan fingerprint density at radius 1 is 1.36 bits per heavy atom. The lowest BCUT2D eigenvalue weighted by Crippen LogP contribution is -2.05. The van der Waals surface area contributed by atoms with E-state index in [1.807, 2.05) is 0 Å². The van der Waals surface area contributed by atoms with Crippen LogP contribution in [0.25, 0.3) is 0 Å². The molecule has 0 aliphatic carbocycles. The molecular weight excluding hydrogens is 140 g/mol. The lowest BCUT2D eigenvalue weighted by atomic mass is 10.1. The molecule has 2 heteroatoms. The van der Waals surface area contributed by atoms with Gasteiger partial charge in [0.25, 0.3) is 0 Å². The van der Waals surface area contributed by atoms with Gasteiger partial charge in [-0.3, -0.25) is 4.79 Å². The van der Waals surface area contributed by atoms with Gasteiger partial charge in [0.1, 0.15) is 0 Å². The lowest BCUT2D eigenvalue weighted by molar-refractivity contribution is -0.117. The summed E-state index contributed by atoms with van der Waals surface area (Å²) < 4.78 is 14.8. The first kappa shape index (κ1) is 6.89. The molecule has 0 aliphatic rings. The van der Waals surface area contributed by atoms with Crippen LogP contribution >= 0.6 is 0 Å². The summed E-state index contributed by atoms with van der Waals surface area (Å²) in [4.78, 5) is 11.2. The second kappa shape index (κ2) is 4.16. The first-order valence-corrected chi connectivity index (χ1v) is 3.51. The Balaban J connectivity index is 4.70. The van der Waals surface area contributed by atoms with E-state index in [0.29, 0.717) is 0 Å². The van der Waals surface area contributed by atoms with Gasteiger partial charge >= 0.3 is 0 Å². The average Bonchev–Trinajstić information content (AvgIpc) is 1.82.